The highest BCUT2D eigenvalue weighted by molar-refractivity contribution is 5.14. The highest BCUT2D eigenvalue weighted by atomic mass is 14.7. The van der Waals surface area contributed by atoms with E-state index in [0.29, 0.717) is 21.7 Å². The van der Waals surface area contributed by atoms with Gasteiger partial charge in [0.2, 0.25) is 0 Å². The van der Waals surface area contributed by atoms with Gasteiger partial charge in [0.1, 0.15) is 0 Å². The van der Waals surface area contributed by atoms with Crippen LogP contribution in [0.15, 0.2) is 0 Å². The molecule has 5 aliphatic carbocycles. The van der Waals surface area contributed by atoms with E-state index in [2.05, 4.69) is 48.5 Å². The van der Waals surface area contributed by atoms with Crippen molar-refractivity contribution in [2.75, 3.05) is 0 Å². The lowest BCUT2D eigenvalue weighted by atomic mass is 9.35. The first-order chi connectivity index (χ1) is 14.0. The number of hydrogen-bond donors (Lipinski definition) is 0. The molecule has 0 aromatic carbocycles. The van der Waals surface area contributed by atoms with E-state index in [0.717, 1.165) is 41.4 Å². The van der Waals surface area contributed by atoms with Gasteiger partial charge in [0.15, 0.2) is 0 Å². The molecule has 5 aliphatic rings. The largest absolute Gasteiger partial charge is 0.0683 e. The molecule has 174 valence electrons. The lowest BCUT2D eigenvalue weighted by Gasteiger charge is -2.69. The summed E-state index contributed by atoms with van der Waals surface area (Å²) in [7, 11) is 0. The third-order valence-corrected chi connectivity index (χ3v) is 12.9. The van der Waals surface area contributed by atoms with Gasteiger partial charge in [0, 0.05) is 0 Å². The molecule has 0 nitrogen and oxygen atoms in total. The fraction of sp³-hybridized carbons (Fsp3) is 1.00. The quantitative estimate of drug-likeness (QED) is 0.370. The van der Waals surface area contributed by atoms with Crippen molar-refractivity contribution in [3.63, 3.8) is 0 Å². The maximum atomic E-state index is 2.79. The minimum atomic E-state index is 0.538. The number of rotatable bonds is 0. The monoisotopic (exact) mass is 414 g/mol. The summed E-state index contributed by atoms with van der Waals surface area (Å²) in [6.45, 7) is 22.6. The average Bonchev–Trinajstić information content (AvgIpc) is 3.01. The Kier molecular flexibility index (Phi) is 5.80. The summed E-state index contributed by atoms with van der Waals surface area (Å²) in [6, 6.07) is 0. The molecule has 0 spiro atoms. The molecular formula is C30H54. The summed E-state index contributed by atoms with van der Waals surface area (Å²) in [5.74, 6) is 6.96. The summed E-state index contributed by atoms with van der Waals surface area (Å²) in [5.41, 5.74) is 2.47. The maximum absolute atomic E-state index is 2.79. The molecule has 10 atom stereocenters. The zero-order chi connectivity index (χ0) is 22.1. The van der Waals surface area contributed by atoms with E-state index in [1.165, 1.54) is 44.9 Å². The summed E-state index contributed by atoms with van der Waals surface area (Å²) in [5, 5.41) is 0. The fourth-order valence-corrected chi connectivity index (χ4v) is 11.2. The fourth-order valence-electron chi connectivity index (χ4n) is 11.2. The van der Waals surface area contributed by atoms with Gasteiger partial charge in [0.25, 0.3) is 0 Å². The zero-order valence-corrected chi connectivity index (χ0v) is 22.1. The Hall–Kier alpha value is 0. The van der Waals surface area contributed by atoms with Crippen molar-refractivity contribution < 1.29 is 0 Å². The Morgan fingerprint density at radius 2 is 1.23 bits per heavy atom. The molecular weight excluding hydrogens is 360 g/mol. The van der Waals surface area contributed by atoms with Gasteiger partial charge < -0.3 is 0 Å². The van der Waals surface area contributed by atoms with Crippen molar-refractivity contribution >= 4 is 0 Å². The smallest absolute Gasteiger partial charge is 0.0259 e. The molecule has 0 heterocycles. The normalized spacial score (nSPS) is 56.5. The zero-order valence-electron chi connectivity index (χ0n) is 22.1. The first kappa shape index (κ1) is 23.2. The highest BCUT2D eigenvalue weighted by Crippen LogP contribution is 2.73. The SMILES string of the molecule is CC.CC1CC[C@]2(C)CCC3C(CCC4[C@@]3(C)CCC3C(C)(C)C(C)CC[C@@]34C)C12. The first-order valence-electron chi connectivity index (χ1n) is 14.0. The van der Waals surface area contributed by atoms with Gasteiger partial charge in [-0.2, -0.15) is 0 Å². The van der Waals surface area contributed by atoms with Crippen LogP contribution in [0.2, 0.25) is 0 Å². The van der Waals surface area contributed by atoms with Crippen LogP contribution in [0.25, 0.3) is 0 Å². The molecule has 0 N–H and O–H groups in total. The van der Waals surface area contributed by atoms with Gasteiger partial charge in [-0.1, -0.05) is 62.3 Å². The summed E-state index contributed by atoms with van der Waals surface area (Å²) >= 11 is 0. The van der Waals surface area contributed by atoms with Gasteiger partial charge in [0.05, 0.1) is 0 Å². The standard InChI is InChI=1S/C28H48.C2H6/c1-18-10-14-26(5)15-12-21-20(24(18)26)8-9-23-27(21,6)17-13-22-25(3,4)19(2)11-16-28(22,23)7;1-2/h18-24H,8-17H2,1-7H3;1-2H3/t18?,19?,20?,21?,22?,23?,24?,26-,27+,28+;/m1./s1. The van der Waals surface area contributed by atoms with Gasteiger partial charge >= 0.3 is 0 Å². The van der Waals surface area contributed by atoms with Gasteiger partial charge in [-0.15, -0.1) is 0 Å². The molecule has 0 radical (unpaired) electrons. The molecule has 0 bridgehead atoms. The van der Waals surface area contributed by atoms with E-state index in [9.17, 15) is 0 Å². The van der Waals surface area contributed by atoms with Crippen LogP contribution >= 0.6 is 0 Å². The minimum absolute atomic E-state index is 0.538. The molecule has 0 saturated heterocycles. The highest BCUT2D eigenvalue weighted by Gasteiger charge is 2.65. The maximum Gasteiger partial charge on any atom is -0.0259 e. The van der Waals surface area contributed by atoms with Crippen LogP contribution in [0.1, 0.15) is 127 Å². The molecule has 5 fully saturated rings. The Morgan fingerprint density at radius 3 is 1.93 bits per heavy atom. The molecule has 0 amide bonds. The third kappa shape index (κ3) is 2.96. The third-order valence-electron chi connectivity index (χ3n) is 12.9. The second kappa shape index (κ2) is 7.52. The van der Waals surface area contributed by atoms with E-state index >= 15 is 0 Å². The lowest BCUT2D eigenvalue weighted by Crippen LogP contribution is -2.62. The van der Waals surface area contributed by atoms with Gasteiger partial charge in [-0.05, 0) is 127 Å². The van der Waals surface area contributed by atoms with Crippen molar-refractivity contribution in [2.24, 2.45) is 63.1 Å². The number of fused-ring (bicyclic) bond motifs is 7. The van der Waals surface area contributed by atoms with Crippen molar-refractivity contribution in [3.8, 4) is 0 Å². The van der Waals surface area contributed by atoms with Crippen LogP contribution in [-0.4, -0.2) is 0 Å². The Bertz CT molecular complexity index is 632. The molecule has 0 aliphatic heterocycles. The van der Waals surface area contributed by atoms with Crippen LogP contribution in [0.3, 0.4) is 0 Å². The lowest BCUT2D eigenvalue weighted by molar-refractivity contribution is -0.205. The predicted octanol–water partition coefficient (Wildman–Crippen LogP) is 9.38. The first-order valence-corrected chi connectivity index (χ1v) is 14.0. The Labute approximate surface area is 189 Å². The predicted molar refractivity (Wildman–Crippen MR) is 131 cm³/mol. The van der Waals surface area contributed by atoms with E-state index in [1.807, 2.05) is 13.8 Å². The van der Waals surface area contributed by atoms with Crippen LogP contribution in [0, 0.1) is 63.1 Å². The van der Waals surface area contributed by atoms with E-state index in [1.54, 1.807) is 19.3 Å². The second-order valence-electron chi connectivity index (χ2n) is 14.0. The van der Waals surface area contributed by atoms with Crippen LogP contribution in [0.5, 0.6) is 0 Å². The van der Waals surface area contributed by atoms with E-state index in [-0.39, 0.29) is 0 Å². The molecule has 5 rings (SSSR count). The van der Waals surface area contributed by atoms with E-state index in [4.69, 9.17) is 0 Å². The molecule has 0 aromatic rings. The molecule has 0 aromatic heterocycles. The number of hydrogen-bond acceptors (Lipinski definition) is 0. The van der Waals surface area contributed by atoms with Crippen LogP contribution in [-0.2, 0) is 0 Å². The average molecular weight is 415 g/mol. The van der Waals surface area contributed by atoms with Crippen molar-refractivity contribution in [2.45, 2.75) is 127 Å². The summed E-state index contributed by atoms with van der Waals surface area (Å²) in [6.07, 6.45) is 15.3. The van der Waals surface area contributed by atoms with E-state index < -0.39 is 0 Å². The molecule has 30 heavy (non-hydrogen) atoms. The Morgan fingerprint density at radius 1 is 0.600 bits per heavy atom. The van der Waals surface area contributed by atoms with Crippen molar-refractivity contribution in [1.82, 2.24) is 0 Å². The van der Waals surface area contributed by atoms with Crippen LogP contribution < -0.4 is 0 Å². The van der Waals surface area contributed by atoms with Crippen molar-refractivity contribution in [1.29, 1.82) is 0 Å². The summed E-state index contributed by atoms with van der Waals surface area (Å²) in [4.78, 5) is 0. The second-order valence-corrected chi connectivity index (χ2v) is 14.0. The summed E-state index contributed by atoms with van der Waals surface area (Å²) < 4.78 is 0. The van der Waals surface area contributed by atoms with Crippen LogP contribution in [0.4, 0.5) is 0 Å². The minimum Gasteiger partial charge on any atom is -0.0683 e. The van der Waals surface area contributed by atoms with Crippen molar-refractivity contribution in [3.05, 3.63) is 0 Å². The Balaban J connectivity index is 0.00000106. The topological polar surface area (TPSA) is 0 Å². The molecule has 7 unspecified atom stereocenters. The van der Waals surface area contributed by atoms with Gasteiger partial charge in [-0.3, -0.25) is 0 Å². The molecule has 5 saturated carbocycles. The van der Waals surface area contributed by atoms with Gasteiger partial charge in [-0.25, -0.2) is 0 Å². The molecule has 0 heteroatoms.